The second-order valence-corrected chi connectivity index (χ2v) is 6.56. The van der Waals surface area contributed by atoms with Crippen molar-refractivity contribution in [2.75, 3.05) is 6.61 Å². The van der Waals surface area contributed by atoms with Crippen molar-refractivity contribution < 1.29 is 27.6 Å². The van der Waals surface area contributed by atoms with Crippen LogP contribution in [0.5, 0.6) is 0 Å². The highest BCUT2D eigenvalue weighted by atomic mass is 19.1. The van der Waals surface area contributed by atoms with Gasteiger partial charge in [0, 0.05) is 17.6 Å². The Morgan fingerprint density at radius 1 is 1.21 bits per heavy atom. The van der Waals surface area contributed by atoms with Gasteiger partial charge in [-0.2, -0.15) is 0 Å². The van der Waals surface area contributed by atoms with Crippen LogP contribution in [0.25, 0.3) is 6.08 Å². The number of hydrogen-bond donors (Lipinski definition) is 0. The molecule has 1 saturated heterocycles. The average molecular weight is 338 g/mol. The van der Waals surface area contributed by atoms with E-state index in [-0.39, 0.29) is 17.6 Å². The van der Waals surface area contributed by atoms with Crippen molar-refractivity contribution in [1.29, 1.82) is 0 Å². The Kier molecular flexibility index (Phi) is 5.15. The van der Waals surface area contributed by atoms with E-state index < -0.39 is 35.9 Å². The Hall–Kier alpha value is -1.73. The summed E-state index contributed by atoms with van der Waals surface area (Å²) in [5.74, 6) is -2.14. The molecule has 0 radical (unpaired) electrons. The van der Waals surface area contributed by atoms with Crippen LogP contribution in [0.3, 0.4) is 0 Å². The second-order valence-electron chi connectivity index (χ2n) is 6.56. The first-order valence-electron chi connectivity index (χ1n) is 7.77. The summed E-state index contributed by atoms with van der Waals surface area (Å²) in [7, 11) is -1.00. The molecule has 1 heterocycles. The van der Waals surface area contributed by atoms with Crippen LogP contribution >= 0.6 is 0 Å². The second kappa shape index (κ2) is 6.65. The predicted octanol–water partition coefficient (Wildman–Crippen LogP) is 2.84. The lowest BCUT2D eigenvalue weighted by atomic mass is 9.75. The van der Waals surface area contributed by atoms with Gasteiger partial charge in [-0.05, 0) is 52.3 Å². The maximum absolute atomic E-state index is 14.4. The Balaban J connectivity index is 2.42. The first kappa shape index (κ1) is 18.6. The molecule has 4 nitrogen and oxygen atoms in total. The summed E-state index contributed by atoms with van der Waals surface area (Å²) in [6.45, 7) is 9.23. The number of halogens is 2. The summed E-state index contributed by atoms with van der Waals surface area (Å²) >= 11 is 0. The largest absolute Gasteiger partial charge is 0.498 e. The van der Waals surface area contributed by atoms with Crippen LogP contribution in [0.4, 0.5) is 8.78 Å². The topological polar surface area (TPSA) is 44.8 Å². The number of ether oxygens (including phenoxy) is 1. The van der Waals surface area contributed by atoms with Gasteiger partial charge in [0.2, 0.25) is 0 Å². The molecular formula is C17H21BF2O4. The normalized spacial score (nSPS) is 19.0. The van der Waals surface area contributed by atoms with Crippen LogP contribution < -0.4 is 5.46 Å². The van der Waals surface area contributed by atoms with E-state index in [9.17, 15) is 13.6 Å². The fourth-order valence-electron chi connectivity index (χ4n) is 2.30. The Bertz CT molecular complexity index is 655. The minimum atomic E-state index is -1.00. The summed E-state index contributed by atoms with van der Waals surface area (Å²) in [4.78, 5) is 11.5. The third-order valence-corrected chi connectivity index (χ3v) is 4.30. The maximum Gasteiger partial charge on any atom is 0.498 e. The summed E-state index contributed by atoms with van der Waals surface area (Å²) < 4.78 is 44.4. The van der Waals surface area contributed by atoms with Gasteiger partial charge in [-0.1, -0.05) is 0 Å². The van der Waals surface area contributed by atoms with Crippen LogP contribution in [0.15, 0.2) is 18.2 Å². The van der Waals surface area contributed by atoms with Gasteiger partial charge in [0.1, 0.15) is 11.6 Å². The zero-order chi connectivity index (χ0) is 18.1. The predicted molar refractivity (Wildman–Crippen MR) is 87.7 cm³/mol. The molecule has 0 N–H and O–H groups in total. The van der Waals surface area contributed by atoms with Crippen LogP contribution in [0, 0.1) is 11.6 Å². The third kappa shape index (κ3) is 3.67. The Morgan fingerprint density at radius 2 is 1.79 bits per heavy atom. The van der Waals surface area contributed by atoms with Crippen molar-refractivity contribution in [2.45, 2.75) is 45.8 Å². The molecule has 1 aliphatic rings. The van der Waals surface area contributed by atoms with E-state index in [4.69, 9.17) is 14.0 Å². The quantitative estimate of drug-likeness (QED) is 0.481. The van der Waals surface area contributed by atoms with E-state index in [0.29, 0.717) is 0 Å². The molecule has 1 aliphatic heterocycles. The Labute approximate surface area is 140 Å². The highest BCUT2D eigenvalue weighted by Crippen LogP contribution is 2.37. The zero-order valence-electron chi connectivity index (χ0n) is 14.5. The number of esters is 1. The van der Waals surface area contributed by atoms with Crippen molar-refractivity contribution in [3.05, 3.63) is 35.4 Å². The number of benzene rings is 1. The van der Waals surface area contributed by atoms with Gasteiger partial charge in [-0.3, -0.25) is 0 Å². The van der Waals surface area contributed by atoms with Gasteiger partial charge in [0.05, 0.1) is 17.8 Å². The van der Waals surface area contributed by atoms with E-state index in [0.717, 1.165) is 18.2 Å². The average Bonchev–Trinajstić information content (AvgIpc) is 2.64. The minimum absolute atomic E-state index is 0.0515. The molecule has 0 aliphatic carbocycles. The van der Waals surface area contributed by atoms with Gasteiger partial charge in [0.15, 0.2) is 0 Å². The summed E-state index contributed by atoms with van der Waals surface area (Å²) in [6.07, 6.45) is 2.41. The highest BCUT2D eigenvalue weighted by molar-refractivity contribution is 6.63. The van der Waals surface area contributed by atoms with Crippen molar-refractivity contribution in [3.63, 3.8) is 0 Å². The van der Waals surface area contributed by atoms with E-state index in [1.807, 2.05) is 27.7 Å². The molecule has 0 bridgehead atoms. The SMILES string of the molecule is CCOC(=O)/C=C/c1cc(F)cc(F)c1B1OC(C)(C)C(C)(C)O1. The maximum atomic E-state index is 14.4. The molecule has 1 fully saturated rings. The standard InChI is InChI=1S/C17H21BF2O4/c1-6-22-14(21)8-7-11-9-12(19)10-13(20)15(11)18-23-16(2,3)17(4,5)24-18/h7-10H,6H2,1-5H3/b8-7+. The van der Waals surface area contributed by atoms with E-state index in [1.54, 1.807) is 6.92 Å². The van der Waals surface area contributed by atoms with Crippen LogP contribution in [-0.4, -0.2) is 30.9 Å². The van der Waals surface area contributed by atoms with Crippen molar-refractivity contribution in [3.8, 4) is 0 Å². The fourth-order valence-corrected chi connectivity index (χ4v) is 2.30. The smallest absolute Gasteiger partial charge is 0.463 e. The molecule has 7 heteroatoms. The van der Waals surface area contributed by atoms with Gasteiger partial charge in [-0.15, -0.1) is 0 Å². The molecule has 0 aromatic heterocycles. The highest BCUT2D eigenvalue weighted by Gasteiger charge is 2.53. The van der Waals surface area contributed by atoms with Gasteiger partial charge < -0.3 is 14.0 Å². The number of carbonyl (C=O) groups excluding carboxylic acids is 1. The lowest BCUT2D eigenvalue weighted by Gasteiger charge is -2.32. The molecule has 0 saturated carbocycles. The van der Waals surface area contributed by atoms with Crippen LogP contribution in [0.1, 0.15) is 40.2 Å². The Morgan fingerprint density at radius 3 is 2.33 bits per heavy atom. The van der Waals surface area contributed by atoms with Crippen molar-refractivity contribution in [2.24, 2.45) is 0 Å². The van der Waals surface area contributed by atoms with Gasteiger partial charge in [0.25, 0.3) is 0 Å². The van der Waals surface area contributed by atoms with Crippen molar-refractivity contribution >= 4 is 24.6 Å². The summed E-state index contributed by atoms with van der Waals surface area (Å²) in [6, 6.07) is 1.89. The molecule has 0 amide bonds. The van der Waals surface area contributed by atoms with Gasteiger partial charge >= 0.3 is 13.1 Å². The monoisotopic (exact) mass is 338 g/mol. The fraction of sp³-hybridized carbons (Fsp3) is 0.471. The lowest BCUT2D eigenvalue weighted by molar-refractivity contribution is -0.137. The summed E-state index contributed by atoms with van der Waals surface area (Å²) in [5.41, 5.74) is -1.11. The van der Waals surface area contributed by atoms with E-state index in [2.05, 4.69) is 0 Å². The van der Waals surface area contributed by atoms with Gasteiger partial charge in [-0.25, -0.2) is 13.6 Å². The lowest BCUT2D eigenvalue weighted by Crippen LogP contribution is -2.41. The third-order valence-electron chi connectivity index (χ3n) is 4.30. The molecule has 2 rings (SSSR count). The van der Waals surface area contributed by atoms with E-state index in [1.165, 1.54) is 6.08 Å². The van der Waals surface area contributed by atoms with E-state index >= 15 is 0 Å². The molecule has 24 heavy (non-hydrogen) atoms. The first-order valence-corrected chi connectivity index (χ1v) is 7.77. The molecule has 1 aromatic rings. The first-order chi connectivity index (χ1) is 11.1. The van der Waals surface area contributed by atoms with Crippen LogP contribution in [-0.2, 0) is 18.8 Å². The number of carbonyl (C=O) groups is 1. The molecule has 130 valence electrons. The molecular weight excluding hydrogens is 317 g/mol. The molecule has 0 unspecified atom stereocenters. The molecule has 1 aromatic carbocycles. The number of hydrogen-bond acceptors (Lipinski definition) is 4. The van der Waals surface area contributed by atoms with Crippen molar-refractivity contribution in [1.82, 2.24) is 0 Å². The summed E-state index contributed by atoms with van der Waals surface area (Å²) in [5, 5.41) is 0. The molecule has 0 spiro atoms. The molecule has 0 atom stereocenters. The number of rotatable bonds is 4. The zero-order valence-corrected chi connectivity index (χ0v) is 14.5. The minimum Gasteiger partial charge on any atom is -0.463 e. The van der Waals surface area contributed by atoms with Crippen LogP contribution in [0.2, 0.25) is 0 Å².